The summed E-state index contributed by atoms with van der Waals surface area (Å²) in [6.45, 7) is -0.179. The van der Waals surface area contributed by atoms with Gasteiger partial charge in [0.2, 0.25) is 5.91 Å². The Balaban J connectivity index is 1.58. The fourth-order valence-corrected chi connectivity index (χ4v) is 3.92. The van der Waals surface area contributed by atoms with Gasteiger partial charge in [-0.2, -0.15) is 5.10 Å². The van der Waals surface area contributed by atoms with Crippen LogP contribution in [0.25, 0.3) is 16.1 Å². The molecule has 0 bridgehead atoms. The molecule has 154 valence electrons. The van der Waals surface area contributed by atoms with E-state index in [1.54, 1.807) is 29.7 Å². The number of rotatable bonds is 6. The molecular formula is C20H17ClN4O4S. The minimum atomic E-state index is -0.404. The zero-order valence-corrected chi connectivity index (χ0v) is 17.7. The van der Waals surface area contributed by atoms with Gasteiger partial charge in [-0.1, -0.05) is 17.7 Å². The molecule has 0 aliphatic heterocycles. The van der Waals surface area contributed by atoms with Crippen LogP contribution in [-0.2, 0) is 11.3 Å². The van der Waals surface area contributed by atoms with E-state index in [1.165, 1.54) is 35.6 Å². The molecule has 1 amide bonds. The largest absolute Gasteiger partial charge is 0.495 e. The quantitative estimate of drug-likeness (QED) is 0.491. The zero-order chi connectivity index (χ0) is 21.3. The smallest absolute Gasteiger partial charge is 0.277 e. The molecule has 3 aromatic heterocycles. The van der Waals surface area contributed by atoms with Crippen molar-refractivity contribution in [3.63, 3.8) is 0 Å². The van der Waals surface area contributed by atoms with Crippen molar-refractivity contribution in [1.29, 1.82) is 0 Å². The van der Waals surface area contributed by atoms with Gasteiger partial charge in [-0.05, 0) is 23.6 Å². The van der Waals surface area contributed by atoms with Crippen LogP contribution in [0.5, 0.6) is 11.5 Å². The van der Waals surface area contributed by atoms with E-state index >= 15 is 0 Å². The van der Waals surface area contributed by atoms with Crippen molar-refractivity contribution in [3.05, 3.63) is 63.5 Å². The maximum Gasteiger partial charge on any atom is 0.277 e. The van der Waals surface area contributed by atoms with Gasteiger partial charge in [-0.15, -0.1) is 11.3 Å². The van der Waals surface area contributed by atoms with Crippen molar-refractivity contribution >= 4 is 40.0 Å². The van der Waals surface area contributed by atoms with Gasteiger partial charge in [0.15, 0.2) is 0 Å². The lowest BCUT2D eigenvalue weighted by Gasteiger charge is -2.13. The molecule has 30 heavy (non-hydrogen) atoms. The second-order valence-corrected chi connectivity index (χ2v) is 7.66. The van der Waals surface area contributed by atoms with E-state index in [1.807, 2.05) is 17.5 Å². The van der Waals surface area contributed by atoms with Gasteiger partial charge in [0.1, 0.15) is 29.3 Å². The number of ether oxygens (including phenoxy) is 2. The van der Waals surface area contributed by atoms with Gasteiger partial charge in [0.25, 0.3) is 5.56 Å². The summed E-state index contributed by atoms with van der Waals surface area (Å²) in [5.41, 5.74) is 1.16. The Bertz CT molecular complexity index is 1280. The predicted octanol–water partition coefficient (Wildman–Crippen LogP) is 3.53. The first-order chi connectivity index (χ1) is 14.5. The van der Waals surface area contributed by atoms with Gasteiger partial charge in [-0.3, -0.25) is 9.59 Å². The molecule has 0 aliphatic rings. The third kappa shape index (κ3) is 3.77. The van der Waals surface area contributed by atoms with E-state index < -0.39 is 5.91 Å². The van der Waals surface area contributed by atoms with Crippen molar-refractivity contribution in [2.45, 2.75) is 6.54 Å². The van der Waals surface area contributed by atoms with Gasteiger partial charge < -0.3 is 19.4 Å². The fourth-order valence-electron chi connectivity index (χ4n) is 3.00. The number of amides is 1. The Morgan fingerprint density at radius 1 is 1.20 bits per heavy atom. The molecule has 4 aromatic rings. The van der Waals surface area contributed by atoms with Crippen LogP contribution in [0.15, 0.2) is 52.9 Å². The lowest BCUT2D eigenvalue weighted by atomic mass is 10.2. The van der Waals surface area contributed by atoms with Crippen LogP contribution in [-0.4, -0.2) is 34.3 Å². The fraction of sp³-hybridized carbons (Fsp3) is 0.150. The van der Waals surface area contributed by atoms with E-state index in [9.17, 15) is 9.59 Å². The van der Waals surface area contributed by atoms with Crippen LogP contribution >= 0.6 is 22.9 Å². The number of anilines is 1. The Labute approximate surface area is 180 Å². The highest BCUT2D eigenvalue weighted by molar-refractivity contribution is 7.13. The summed E-state index contributed by atoms with van der Waals surface area (Å²) in [5.74, 6) is 0.415. The maximum absolute atomic E-state index is 12.8. The number of halogens is 1. The first-order valence-corrected chi connectivity index (χ1v) is 10.1. The molecule has 4 rings (SSSR count). The molecule has 0 saturated carbocycles. The highest BCUT2D eigenvalue weighted by Gasteiger charge is 2.15. The first kappa shape index (κ1) is 20.0. The second-order valence-electron chi connectivity index (χ2n) is 6.30. The van der Waals surface area contributed by atoms with Gasteiger partial charge in [-0.25, -0.2) is 4.52 Å². The summed E-state index contributed by atoms with van der Waals surface area (Å²) in [7, 11) is 2.96. The third-order valence-corrected chi connectivity index (χ3v) is 5.63. The Morgan fingerprint density at radius 3 is 2.70 bits per heavy atom. The number of hydrogen-bond acceptors (Lipinski definition) is 6. The SMILES string of the molecule is COc1cc(OC)c(NC(=O)Cn2ccn3nc(-c4cccs4)cc3c2=O)cc1Cl. The number of methoxy groups -OCH3 is 2. The molecule has 0 spiro atoms. The standard InChI is InChI=1S/C20H17ClN4O4S/c1-28-16-10-17(29-2)13(8-12(16)21)22-19(26)11-24-5-6-25-15(20(24)27)9-14(23-25)18-4-3-7-30-18/h3-10H,11H2,1-2H3,(H,22,26). The Morgan fingerprint density at radius 2 is 2.00 bits per heavy atom. The number of benzene rings is 1. The number of aromatic nitrogens is 3. The highest BCUT2D eigenvalue weighted by atomic mass is 35.5. The molecular weight excluding hydrogens is 428 g/mol. The van der Waals surface area contributed by atoms with Crippen LogP contribution < -0.4 is 20.3 Å². The van der Waals surface area contributed by atoms with E-state index in [0.717, 1.165) is 4.88 Å². The summed E-state index contributed by atoms with van der Waals surface area (Å²) in [4.78, 5) is 26.4. The summed E-state index contributed by atoms with van der Waals surface area (Å²) >= 11 is 7.68. The van der Waals surface area contributed by atoms with Crippen molar-refractivity contribution in [2.75, 3.05) is 19.5 Å². The average molecular weight is 445 g/mol. The normalized spacial score (nSPS) is 10.9. The summed E-state index contributed by atoms with van der Waals surface area (Å²) in [6.07, 6.45) is 3.17. The van der Waals surface area contributed by atoms with Gasteiger partial charge in [0, 0.05) is 18.5 Å². The van der Waals surface area contributed by atoms with Gasteiger partial charge in [0.05, 0.1) is 29.8 Å². The molecule has 0 radical (unpaired) electrons. The summed E-state index contributed by atoms with van der Waals surface area (Å²) in [5, 5.41) is 9.42. The monoisotopic (exact) mass is 444 g/mol. The molecule has 8 nitrogen and oxygen atoms in total. The number of nitrogens with zero attached hydrogens (tertiary/aromatic N) is 3. The highest BCUT2D eigenvalue weighted by Crippen LogP contribution is 2.35. The molecule has 0 atom stereocenters. The molecule has 0 aliphatic carbocycles. The average Bonchev–Trinajstić information content (AvgIpc) is 3.40. The Kier molecular flexibility index (Phi) is 5.47. The van der Waals surface area contributed by atoms with E-state index in [2.05, 4.69) is 10.4 Å². The van der Waals surface area contributed by atoms with Gasteiger partial charge >= 0.3 is 0 Å². The third-order valence-electron chi connectivity index (χ3n) is 4.44. The zero-order valence-electron chi connectivity index (χ0n) is 16.1. The number of fused-ring (bicyclic) bond motifs is 1. The van der Waals surface area contributed by atoms with E-state index in [0.29, 0.717) is 33.4 Å². The van der Waals surface area contributed by atoms with Crippen LogP contribution in [0.4, 0.5) is 5.69 Å². The van der Waals surface area contributed by atoms with E-state index in [4.69, 9.17) is 21.1 Å². The number of carbonyl (C=O) groups is 1. The number of thiophene rings is 1. The molecule has 1 aromatic carbocycles. The number of nitrogens with one attached hydrogen (secondary N) is 1. The van der Waals surface area contributed by atoms with Crippen molar-refractivity contribution < 1.29 is 14.3 Å². The minimum absolute atomic E-state index is 0.179. The topological polar surface area (TPSA) is 86.9 Å². The van der Waals surface area contributed by atoms with Crippen molar-refractivity contribution in [2.24, 2.45) is 0 Å². The van der Waals surface area contributed by atoms with Crippen LogP contribution in [0.2, 0.25) is 5.02 Å². The summed E-state index contributed by atoms with van der Waals surface area (Å²) < 4.78 is 13.3. The first-order valence-electron chi connectivity index (χ1n) is 8.84. The van der Waals surface area contributed by atoms with Crippen LogP contribution in [0.1, 0.15) is 0 Å². The lowest BCUT2D eigenvalue weighted by molar-refractivity contribution is -0.116. The van der Waals surface area contributed by atoms with E-state index in [-0.39, 0.29) is 12.1 Å². The molecule has 1 N–H and O–H groups in total. The summed E-state index contributed by atoms with van der Waals surface area (Å²) in [6, 6.07) is 8.69. The molecule has 10 heteroatoms. The predicted molar refractivity (Wildman–Crippen MR) is 116 cm³/mol. The molecule has 0 saturated heterocycles. The molecule has 3 heterocycles. The van der Waals surface area contributed by atoms with Crippen LogP contribution in [0.3, 0.4) is 0 Å². The van der Waals surface area contributed by atoms with Crippen molar-refractivity contribution in [3.8, 4) is 22.1 Å². The second kappa shape index (κ2) is 8.21. The lowest BCUT2D eigenvalue weighted by Crippen LogP contribution is -2.28. The Hall–Kier alpha value is -3.30. The number of hydrogen-bond donors (Lipinski definition) is 1. The number of carbonyl (C=O) groups excluding carboxylic acids is 1. The molecule has 0 unspecified atom stereocenters. The van der Waals surface area contributed by atoms with Crippen molar-refractivity contribution in [1.82, 2.24) is 14.2 Å². The maximum atomic E-state index is 12.8. The van der Waals surface area contributed by atoms with Crippen LogP contribution in [0, 0.1) is 0 Å². The molecule has 0 fully saturated rings. The minimum Gasteiger partial charge on any atom is -0.495 e.